The van der Waals surface area contributed by atoms with E-state index in [1.54, 1.807) is 18.3 Å². The van der Waals surface area contributed by atoms with Crippen LogP contribution in [0.2, 0.25) is 0 Å². The zero-order chi connectivity index (χ0) is 17.1. The predicted octanol–water partition coefficient (Wildman–Crippen LogP) is 3.24. The van der Waals surface area contributed by atoms with Gasteiger partial charge in [-0.2, -0.15) is 0 Å². The molecule has 3 aromatic rings. The number of carbonyl (C=O) groups excluding carboxylic acids is 1. The van der Waals surface area contributed by atoms with Crippen LogP contribution in [0.4, 0.5) is 5.69 Å². The van der Waals surface area contributed by atoms with E-state index in [4.69, 9.17) is 5.73 Å². The highest BCUT2D eigenvalue weighted by molar-refractivity contribution is 6.04. The molecule has 24 heavy (non-hydrogen) atoms. The summed E-state index contributed by atoms with van der Waals surface area (Å²) in [6, 6.07) is 13.5. The molecule has 0 aliphatic heterocycles. The van der Waals surface area contributed by atoms with E-state index in [1.807, 2.05) is 18.2 Å². The van der Waals surface area contributed by atoms with Crippen LogP contribution in [0.1, 0.15) is 24.2 Å². The molecule has 0 saturated carbocycles. The van der Waals surface area contributed by atoms with Crippen molar-refractivity contribution in [3.8, 4) is 11.3 Å². The van der Waals surface area contributed by atoms with Gasteiger partial charge in [0.15, 0.2) is 0 Å². The lowest BCUT2D eigenvalue weighted by molar-refractivity contribution is 0.100. The third-order valence-corrected chi connectivity index (χ3v) is 4.13. The number of aromatic nitrogens is 2. The Kier molecular flexibility index (Phi) is 4.42. The molecule has 0 aliphatic carbocycles. The Morgan fingerprint density at radius 3 is 2.42 bits per heavy atom. The third-order valence-electron chi connectivity index (χ3n) is 4.13. The molecule has 1 aromatic heterocycles. The van der Waals surface area contributed by atoms with Crippen molar-refractivity contribution in [3.63, 3.8) is 0 Å². The van der Waals surface area contributed by atoms with Crippen LogP contribution < -0.4 is 10.6 Å². The van der Waals surface area contributed by atoms with E-state index in [0.717, 1.165) is 24.3 Å². The molecule has 1 amide bonds. The Morgan fingerprint density at radius 2 is 1.79 bits per heavy atom. The highest BCUT2D eigenvalue weighted by atomic mass is 16.1. The molecule has 0 aliphatic rings. The van der Waals surface area contributed by atoms with Crippen molar-refractivity contribution in [2.45, 2.75) is 13.8 Å². The minimum Gasteiger partial charge on any atom is -0.372 e. The van der Waals surface area contributed by atoms with E-state index < -0.39 is 5.91 Å². The highest BCUT2D eigenvalue weighted by Crippen LogP contribution is 2.23. The van der Waals surface area contributed by atoms with Crippen LogP contribution in [0.3, 0.4) is 0 Å². The Balaban J connectivity index is 1.99. The lowest BCUT2D eigenvalue weighted by Crippen LogP contribution is -2.21. The van der Waals surface area contributed by atoms with Gasteiger partial charge in [0.2, 0.25) is 0 Å². The lowest BCUT2D eigenvalue weighted by Gasteiger charge is -2.21. The molecule has 0 spiro atoms. The average Bonchev–Trinajstić information content (AvgIpc) is 2.62. The molecule has 0 radical (unpaired) electrons. The lowest BCUT2D eigenvalue weighted by atomic mass is 10.1. The molecule has 0 unspecified atom stereocenters. The summed E-state index contributed by atoms with van der Waals surface area (Å²) < 4.78 is 0. The molecular formula is C19H20N4O. The van der Waals surface area contributed by atoms with Crippen LogP contribution in [0.25, 0.3) is 22.3 Å². The zero-order valence-corrected chi connectivity index (χ0v) is 13.9. The van der Waals surface area contributed by atoms with Gasteiger partial charge in [-0.15, -0.1) is 0 Å². The van der Waals surface area contributed by atoms with E-state index in [2.05, 4.69) is 40.8 Å². The van der Waals surface area contributed by atoms with Crippen molar-refractivity contribution >= 4 is 22.6 Å². The molecule has 122 valence electrons. The first-order valence-electron chi connectivity index (χ1n) is 8.05. The number of carbonyl (C=O) groups is 1. The van der Waals surface area contributed by atoms with Crippen molar-refractivity contribution in [1.29, 1.82) is 0 Å². The van der Waals surface area contributed by atoms with Crippen LogP contribution in [0, 0.1) is 0 Å². The fraction of sp³-hybridized carbons (Fsp3) is 0.211. The van der Waals surface area contributed by atoms with Crippen molar-refractivity contribution in [3.05, 3.63) is 54.2 Å². The third kappa shape index (κ3) is 2.93. The molecule has 5 nitrogen and oxygen atoms in total. The smallest absolute Gasteiger partial charge is 0.250 e. The quantitative estimate of drug-likeness (QED) is 0.783. The summed E-state index contributed by atoms with van der Waals surface area (Å²) in [6.07, 6.45) is 1.68. The number of para-hydroxylation sites is 1. The van der Waals surface area contributed by atoms with E-state index in [0.29, 0.717) is 16.6 Å². The number of hydrogen-bond acceptors (Lipinski definition) is 4. The van der Waals surface area contributed by atoms with Crippen molar-refractivity contribution < 1.29 is 4.79 Å². The Bertz CT molecular complexity index is 870. The summed E-state index contributed by atoms with van der Waals surface area (Å²) in [4.78, 5) is 22.8. The maximum Gasteiger partial charge on any atom is 0.250 e. The van der Waals surface area contributed by atoms with Crippen molar-refractivity contribution in [2.24, 2.45) is 5.73 Å². The summed E-state index contributed by atoms with van der Waals surface area (Å²) in [6.45, 7) is 6.23. The second-order valence-corrected chi connectivity index (χ2v) is 5.51. The van der Waals surface area contributed by atoms with Crippen LogP contribution >= 0.6 is 0 Å². The molecule has 3 rings (SSSR count). The number of nitrogens with two attached hydrogens (primary N) is 1. The summed E-state index contributed by atoms with van der Waals surface area (Å²) >= 11 is 0. The number of benzene rings is 2. The van der Waals surface area contributed by atoms with Gasteiger partial charge in [-0.1, -0.05) is 18.2 Å². The number of nitrogens with zero attached hydrogens (tertiary/aromatic N) is 3. The van der Waals surface area contributed by atoms with Crippen LogP contribution in [-0.4, -0.2) is 29.0 Å². The number of primary amides is 1. The fourth-order valence-corrected chi connectivity index (χ4v) is 2.81. The maximum absolute atomic E-state index is 11.5. The largest absolute Gasteiger partial charge is 0.372 e. The minimum atomic E-state index is -0.494. The van der Waals surface area contributed by atoms with Crippen molar-refractivity contribution in [2.75, 3.05) is 18.0 Å². The van der Waals surface area contributed by atoms with E-state index in [-0.39, 0.29) is 0 Å². The van der Waals surface area contributed by atoms with E-state index >= 15 is 0 Å². The predicted molar refractivity (Wildman–Crippen MR) is 97.1 cm³/mol. The normalized spacial score (nSPS) is 10.8. The van der Waals surface area contributed by atoms with Gasteiger partial charge in [0, 0.05) is 24.3 Å². The first kappa shape index (κ1) is 15.9. The van der Waals surface area contributed by atoms with Crippen LogP contribution in [0.5, 0.6) is 0 Å². The van der Waals surface area contributed by atoms with Gasteiger partial charge in [-0.05, 0) is 38.1 Å². The van der Waals surface area contributed by atoms with Gasteiger partial charge in [-0.3, -0.25) is 9.78 Å². The molecule has 0 fully saturated rings. The number of anilines is 1. The first-order valence-corrected chi connectivity index (χ1v) is 8.05. The topological polar surface area (TPSA) is 72.1 Å². The molecule has 2 aromatic carbocycles. The summed E-state index contributed by atoms with van der Waals surface area (Å²) in [5.41, 5.74) is 9.93. The van der Waals surface area contributed by atoms with Gasteiger partial charge in [0.1, 0.15) is 5.52 Å². The average molecular weight is 320 g/mol. The summed E-state index contributed by atoms with van der Waals surface area (Å²) in [7, 11) is 0. The molecule has 1 heterocycles. The van der Waals surface area contributed by atoms with E-state index in [1.165, 1.54) is 5.69 Å². The van der Waals surface area contributed by atoms with Crippen LogP contribution in [0.15, 0.2) is 48.7 Å². The fourth-order valence-electron chi connectivity index (χ4n) is 2.81. The number of amides is 1. The van der Waals surface area contributed by atoms with Crippen LogP contribution in [-0.2, 0) is 0 Å². The van der Waals surface area contributed by atoms with Crippen molar-refractivity contribution in [1.82, 2.24) is 9.97 Å². The molecule has 0 saturated heterocycles. The SMILES string of the molecule is CCN(CC)c1ccc(-c2cnc3c(C(N)=O)cccc3n2)cc1. The van der Waals surface area contributed by atoms with E-state index in [9.17, 15) is 4.79 Å². The summed E-state index contributed by atoms with van der Waals surface area (Å²) in [5, 5.41) is 0. The zero-order valence-electron chi connectivity index (χ0n) is 13.9. The maximum atomic E-state index is 11.5. The molecule has 5 heteroatoms. The van der Waals surface area contributed by atoms with Gasteiger partial charge in [-0.25, -0.2) is 4.98 Å². The monoisotopic (exact) mass is 320 g/mol. The molecular weight excluding hydrogens is 300 g/mol. The second-order valence-electron chi connectivity index (χ2n) is 5.51. The second kappa shape index (κ2) is 6.66. The Morgan fingerprint density at radius 1 is 1.08 bits per heavy atom. The first-order chi connectivity index (χ1) is 11.6. The standard InChI is InChI=1S/C19H20N4O/c1-3-23(4-2)14-10-8-13(9-11-14)17-12-21-18-15(19(20)24)6-5-7-16(18)22-17/h5-12H,3-4H2,1-2H3,(H2,20,24). The number of fused-ring (bicyclic) bond motifs is 1. The Labute approximate surface area is 141 Å². The Hall–Kier alpha value is -2.95. The van der Waals surface area contributed by atoms with Gasteiger partial charge < -0.3 is 10.6 Å². The number of hydrogen-bond donors (Lipinski definition) is 1. The number of rotatable bonds is 5. The van der Waals surface area contributed by atoms with Gasteiger partial charge in [0.25, 0.3) is 5.91 Å². The minimum absolute atomic E-state index is 0.392. The molecule has 2 N–H and O–H groups in total. The van der Waals surface area contributed by atoms with Gasteiger partial charge >= 0.3 is 0 Å². The molecule has 0 bridgehead atoms. The highest BCUT2D eigenvalue weighted by Gasteiger charge is 2.10. The molecule has 0 atom stereocenters. The van der Waals surface area contributed by atoms with Gasteiger partial charge in [0.05, 0.1) is 23.0 Å². The summed E-state index contributed by atoms with van der Waals surface area (Å²) in [5.74, 6) is -0.494.